The van der Waals surface area contributed by atoms with Gasteiger partial charge < -0.3 is 26.0 Å². The van der Waals surface area contributed by atoms with Crippen LogP contribution in [0, 0.1) is 0 Å². The fraction of sp³-hybridized carbons (Fsp3) is 0.429. The molecule has 0 aliphatic rings. The van der Waals surface area contributed by atoms with Gasteiger partial charge in [0, 0.05) is 33.4 Å². The fourth-order valence-electron chi connectivity index (χ4n) is 1.84. The van der Waals surface area contributed by atoms with Gasteiger partial charge in [-0.3, -0.25) is 9.59 Å². The van der Waals surface area contributed by atoms with Crippen LogP contribution in [0.3, 0.4) is 0 Å². The Morgan fingerprint density at radius 3 is 2.71 bits per heavy atom. The van der Waals surface area contributed by atoms with Gasteiger partial charge in [-0.25, -0.2) is 0 Å². The zero-order valence-corrected chi connectivity index (χ0v) is 12.6. The van der Waals surface area contributed by atoms with E-state index in [4.69, 9.17) is 10.5 Å². The zero-order chi connectivity index (χ0) is 15.8. The highest BCUT2D eigenvalue weighted by molar-refractivity contribution is 6.00. The average Bonchev–Trinajstić information content (AvgIpc) is 2.46. The molecule has 0 aromatic heterocycles. The number of hydrogen-bond donors (Lipinski definition) is 3. The lowest BCUT2D eigenvalue weighted by atomic mass is 10.1. The first-order chi connectivity index (χ1) is 9.99. The molecule has 0 radical (unpaired) electrons. The van der Waals surface area contributed by atoms with Crippen LogP contribution in [0.5, 0.6) is 0 Å². The molecule has 0 bridgehead atoms. The van der Waals surface area contributed by atoms with Gasteiger partial charge in [0.25, 0.3) is 5.91 Å². The molecule has 1 rings (SSSR count). The van der Waals surface area contributed by atoms with E-state index in [1.54, 1.807) is 44.3 Å². The van der Waals surface area contributed by atoms with Crippen LogP contribution < -0.4 is 21.3 Å². The van der Waals surface area contributed by atoms with Gasteiger partial charge in [0.2, 0.25) is 5.91 Å². The van der Waals surface area contributed by atoms with Crippen LogP contribution in [0.4, 0.5) is 11.4 Å². The van der Waals surface area contributed by atoms with E-state index < -0.39 is 0 Å². The summed E-state index contributed by atoms with van der Waals surface area (Å²) in [6, 6.07) is 4.97. The lowest BCUT2D eigenvalue weighted by Gasteiger charge is -2.22. The van der Waals surface area contributed by atoms with Crippen molar-refractivity contribution in [1.82, 2.24) is 10.6 Å². The Hall–Kier alpha value is -2.28. The quantitative estimate of drug-likeness (QED) is 0.479. The number of anilines is 2. The molecule has 0 unspecified atom stereocenters. The van der Waals surface area contributed by atoms with Gasteiger partial charge in [-0.1, -0.05) is 0 Å². The fourth-order valence-corrected chi connectivity index (χ4v) is 1.84. The van der Waals surface area contributed by atoms with Gasteiger partial charge in [0.1, 0.15) is 0 Å². The molecule has 0 aliphatic carbocycles. The van der Waals surface area contributed by atoms with Crippen molar-refractivity contribution in [3.8, 4) is 0 Å². The molecule has 0 fully saturated rings. The first-order valence-electron chi connectivity index (χ1n) is 6.58. The van der Waals surface area contributed by atoms with E-state index in [0.29, 0.717) is 30.1 Å². The minimum atomic E-state index is -0.225. The van der Waals surface area contributed by atoms with E-state index in [0.717, 1.165) is 0 Å². The van der Waals surface area contributed by atoms with Gasteiger partial charge in [-0.15, -0.1) is 0 Å². The van der Waals surface area contributed by atoms with Crippen LogP contribution in [0.2, 0.25) is 0 Å². The molecular formula is C14H22N4O3. The third kappa shape index (κ3) is 4.96. The number of carbonyl (C=O) groups excluding carboxylic acids is 2. The first-order valence-corrected chi connectivity index (χ1v) is 6.58. The summed E-state index contributed by atoms with van der Waals surface area (Å²) in [5.41, 5.74) is 7.37. The maximum Gasteiger partial charge on any atom is 0.253 e. The SMILES string of the molecule is CNC(=O)c1ccc(N)cc1N(C)CC(=O)NCCOC. The Labute approximate surface area is 124 Å². The largest absolute Gasteiger partial charge is 0.399 e. The Balaban J connectivity index is 2.81. The number of benzene rings is 1. The van der Waals surface area contributed by atoms with Crippen LogP contribution >= 0.6 is 0 Å². The van der Waals surface area contributed by atoms with Gasteiger partial charge in [-0.2, -0.15) is 0 Å². The normalized spacial score (nSPS) is 10.0. The third-order valence-corrected chi connectivity index (χ3v) is 2.91. The van der Waals surface area contributed by atoms with Crippen molar-refractivity contribution >= 4 is 23.2 Å². The lowest BCUT2D eigenvalue weighted by Crippen LogP contribution is -2.37. The van der Waals surface area contributed by atoms with Crippen molar-refractivity contribution in [2.24, 2.45) is 0 Å². The summed E-state index contributed by atoms with van der Waals surface area (Å²) >= 11 is 0. The van der Waals surface area contributed by atoms with Crippen LogP contribution in [0.1, 0.15) is 10.4 Å². The van der Waals surface area contributed by atoms with Crippen molar-refractivity contribution in [1.29, 1.82) is 0 Å². The highest BCUT2D eigenvalue weighted by Gasteiger charge is 2.15. The second kappa shape index (κ2) is 8.11. The van der Waals surface area contributed by atoms with E-state index in [1.807, 2.05) is 0 Å². The molecule has 0 saturated carbocycles. The minimum Gasteiger partial charge on any atom is -0.399 e. The zero-order valence-electron chi connectivity index (χ0n) is 12.6. The lowest BCUT2D eigenvalue weighted by molar-refractivity contribution is -0.119. The predicted octanol–water partition coefficient (Wildman–Crippen LogP) is -0.173. The Bertz CT molecular complexity index is 505. The van der Waals surface area contributed by atoms with Crippen LogP contribution in [-0.2, 0) is 9.53 Å². The van der Waals surface area contributed by atoms with Crippen LogP contribution in [0.15, 0.2) is 18.2 Å². The number of ether oxygens (including phenoxy) is 1. The molecule has 0 spiro atoms. The van der Waals surface area contributed by atoms with Gasteiger partial charge in [0.15, 0.2) is 0 Å². The number of carbonyl (C=O) groups is 2. The smallest absolute Gasteiger partial charge is 0.253 e. The van der Waals surface area contributed by atoms with Crippen molar-refractivity contribution in [2.45, 2.75) is 0 Å². The highest BCUT2D eigenvalue weighted by Crippen LogP contribution is 2.22. The summed E-state index contributed by atoms with van der Waals surface area (Å²) in [5, 5.41) is 5.29. The topological polar surface area (TPSA) is 96.7 Å². The van der Waals surface area contributed by atoms with Gasteiger partial charge >= 0.3 is 0 Å². The molecule has 0 aliphatic heterocycles. The molecule has 1 aromatic carbocycles. The number of amides is 2. The Kier molecular flexibility index (Phi) is 6.48. The van der Waals surface area contributed by atoms with Crippen molar-refractivity contribution in [2.75, 3.05) is 51.5 Å². The molecule has 1 aromatic rings. The summed E-state index contributed by atoms with van der Waals surface area (Å²) < 4.78 is 4.86. The molecule has 7 nitrogen and oxygen atoms in total. The van der Waals surface area contributed by atoms with Crippen molar-refractivity contribution in [3.05, 3.63) is 23.8 Å². The van der Waals surface area contributed by atoms with Gasteiger partial charge in [-0.05, 0) is 18.2 Å². The molecule has 4 N–H and O–H groups in total. The third-order valence-electron chi connectivity index (χ3n) is 2.91. The average molecular weight is 294 g/mol. The number of nitrogens with one attached hydrogen (secondary N) is 2. The Morgan fingerprint density at radius 1 is 1.38 bits per heavy atom. The summed E-state index contributed by atoms with van der Waals surface area (Å²) in [7, 11) is 4.86. The molecule has 21 heavy (non-hydrogen) atoms. The number of likely N-dealkylation sites (N-methyl/N-ethyl adjacent to an activating group) is 1. The standard InChI is InChI=1S/C14H22N4O3/c1-16-14(20)11-5-4-10(15)8-12(11)18(2)9-13(19)17-6-7-21-3/h4-5,8H,6-7,9,15H2,1-3H3,(H,16,20)(H,17,19). The number of nitrogens with zero attached hydrogens (tertiary/aromatic N) is 1. The monoisotopic (exact) mass is 294 g/mol. The van der Waals surface area contributed by atoms with Crippen molar-refractivity contribution < 1.29 is 14.3 Å². The molecule has 7 heteroatoms. The number of hydrogen-bond acceptors (Lipinski definition) is 5. The second-order valence-electron chi connectivity index (χ2n) is 4.55. The second-order valence-corrected chi connectivity index (χ2v) is 4.55. The molecule has 0 saturated heterocycles. The molecule has 0 heterocycles. The van der Waals surface area contributed by atoms with Crippen LogP contribution in [-0.4, -0.2) is 52.7 Å². The molecule has 0 atom stereocenters. The number of nitrogens with two attached hydrogens (primary N) is 1. The predicted molar refractivity (Wildman–Crippen MR) is 82.4 cm³/mol. The number of nitrogen functional groups attached to an aromatic ring is 1. The van der Waals surface area contributed by atoms with Crippen LogP contribution in [0.25, 0.3) is 0 Å². The summed E-state index contributed by atoms with van der Waals surface area (Å²) in [4.78, 5) is 25.3. The highest BCUT2D eigenvalue weighted by atomic mass is 16.5. The van der Waals surface area contributed by atoms with E-state index in [2.05, 4.69) is 10.6 Å². The Morgan fingerprint density at radius 2 is 2.10 bits per heavy atom. The van der Waals surface area contributed by atoms with Gasteiger partial charge in [0.05, 0.1) is 24.4 Å². The molecule has 116 valence electrons. The maximum absolute atomic E-state index is 11.9. The molecular weight excluding hydrogens is 272 g/mol. The number of methoxy groups -OCH3 is 1. The minimum absolute atomic E-state index is 0.122. The molecule has 2 amide bonds. The maximum atomic E-state index is 11.9. The van der Waals surface area contributed by atoms with E-state index >= 15 is 0 Å². The van der Waals surface area contributed by atoms with Crippen molar-refractivity contribution in [3.63, 3.8) is 0 Å². The van der Waals surface area contributed by atoms with E-state index in [1.165, 1.54) is 0 Å². The summed E-state index contributed by atoms with van der Waals surface area (Å²) in [6.45, 7) is 1.02. The van der Waals surface area contributed by atoms with E-state index in [9.17, 15) is 9.59 Å². The summed E-state index contributed by atoms with van der Waals surface area (Å²) in [5.74, 6) is -0.378. The van der Waals surface area contributed by atoms with E-state index in [-0.39, 0.29) is 18.4 Å². The number of rotatable bonds is 7. The summed E-state index contributed by atoms with van der Waals surface area (Å²) in [6.07, 6.45) is 0. The first kappa shape index (κ1) is 16.8.